The van der Waals surface area contributed by atoms with Crippen LogP contribution in [-0.4, -0.2) is 27.4 Å². The maximum absolute atomic E-state index is 13.4. The van der Waals surface area contributed by atoms with Gasteiger partial charge in [-0.1, -0.05) is 39.0 Å². The van der Waals surface area contributed by atoms with E-state index in [1.807, 2.05) is 18.2 Å². The minimum atomic E-state index is -2.07. The van der Waals surface area contributed by atoms with E-state index in [9.17, 15) is 9.59 Å². The summed E-state index contributed by atoms with van der Waals surface area (Å²) in [5.74, 6) is 0.00761. The Morgan fingerprint density at radius 2 is 1.90 bits per heavy atom. The number of para-hydroxylation sites is 1. The molecule has 4 rings (SSSR count). The van der Waals surface area contributed by atoms with Crippen molar-refractivity contribution in [2.75, 3.05) is 7.11 Å². The van der Waals surface area contributed by atoms with E-state index in [0.717, 1.165) is 36.2 Å². The molecule has 1 heterocycles. The average Bonchev–Trinajstić information content (AvgIpc) is 3.17. The summed E-state index contributed by atoms with van der Waals surface area (Å²) in [6.45, 7) is 11.2. The molecule has 0 saturated heterocycles. The highest BCUT2D eigenvalue weighted by Gasteiger charge is 2.66. The number of fused-ring (bicyclic) bond motifs is 5. The van der Waals surface area contributed by atoms with Gasteiger partial charge >= 0.3 is 11.9 Å². The van der Waals surface area contributed by atoms with Gasteiger partial charge < -0.3 is 13.9 Å². The Hall–Kier alpha value is -2.08. The van der Waals surface area contributed by atoms with Crippen LogP contribution in [-0.2, 0) is 18.8 Å². The highest BCUT2D eigenvalue weighted by molar-refractivity contribution is 6.74. The molecule has 2 aliphatic carbocycles. The van der Waals surface area contributed by atoms with Crippen LogP contribution in [0.5, 0.6) is 5.75 Å². The lowest BCUT2D eigenvalue weighted by molar-refractivity contribution is -0.174. The first-order valence-electron chi connectivity index (χ1n) is 10.8. The number of benzene rings is 1. The molecule has 30 heavy (non-hydrogen) atoms. The van der Waals surface area contributed by atoms with Gasteiger partial charge in [-0.2, -0.15) is 0 Å². The summed E-state index contributed by atoms with van der Waals surface area (Å²) in [4.78, 5) is 26.7. The lowest BCUT2D eigenvalue weighted by Gasteiger charge is -2.49. The third-order valence-corrected chi connectivity index (χ3v) is 12.1. The Kier molecular flexibility index (Phi) is 4.92. The van der Waals surface area contributed by atoms with Crippen LogP contribution in [0, 0.1) is 11.3 Å². The fraction of sp³-hybridized carbons (Fsp3) is 0.583. The van der Waals surface area contributed by atoms with Gasteiger partial charge in [-0.25, -0.2) is 0 Å². The van der Waals surface area contributed by atoms with Gasteiger partial charge in [0.1, 0.15) is 5.75 Å². The van der Waals surface area contributed by atoms with Crippen molar-refractivity contribution in [3.63, 3.8) is 0 Å². The van der Waals surface area contributed by atoms with Gasteiger partial charge in [-0.3, -0.25) is 9.59 Å². The summed E-state index contributed by atoms with van der Waals surface area (Å²) in [6, 6.07) is 7.55. The first kappa shape index (κ1) is 21.2. The van der Waals surface area contributed by atoms with Gasteiger partial charge in [0.05, 0.1) is 12.9 Å². The van der Waals surface area contributed by atoms with Crippen molar-refractivity contribution < 1.29 is 23.5 Å². The standard InChI is InChI=1S/C24H32O5Si/c1-23(2,3)30(5,6)29-20-14-18-16-10-7-8-13-19(16)28-22(26)24(18,21(25)27-4)17-12-9-11-15(17)20/h7-8,10,13,17-18H,9,11-12,14H2,1-6H3. The summed E-state index contributed by atoms with van der Waals surface area (Å²) in [5.41, 5.74) is 0.692. The Balaban J connectivity index is 1.90. The molecule has 0 bridgehead atoms. The van der Waals surface area contributed by atoms with Crippen molar-refractivity contribution >= 4 is 20.3 Å². The molecule has 1 fully saturated rings. The van der Waals surface area contributed by atoms with Crippen LogP contribution < -0.4 is 4.74 Å². The molecule has 6 heteroatoms. The highest BCUT2D eigenvalue weighted by Crippen LogP contribution is 2.62. The van der Waals surface area contributed by atoms with Gasteiger partial charge in [-0.05, 0) is 49.0 Å². The predicted molar refractivity (Wildman–Crippen MR) is 117 cm³/mol. The summed E-state index contributed by atoms with van der Waals surface area (Å²) >= 11 is 0. The first-order chi connectivity index (χ1) is 14.0. The third kappa shape index (κ3) is 2.87. The number of allylic oxidation sites excluding steroid dienone is 2. The Morgan fingerprint density at radius 1 is 1.20 bits per heavy atom. The number of carbonyl (C=O) groups is 2. The average molecular weight is 429 g/mol. The van der Waals surface area contributed by atoms with Crippen LogP contribution in [0.25, 0.3) is 0 Å². The molecule has 0 amide bonds. The van der Waals surface area contributed by atoms with Crippen LogP contribution in [0.1, 0.15) is 57.9 Å². The van der Waals surface area contributed by atoms with Crippen LogP contribution in [0.2, 0.25) is 18.1 Å². The minimum absolute atomic E-state index is 0.0644. The van der Waals surface area contributed by atoms with E-state index >= 15 is 0 Å². The zero-order chi connectivity index (χ0) is 21.9. The van der Waals surface area contributed by atoms with Crippen LogP contribution in [0.3, 0.4) is 0 Å². The third-order valence-electron chi connectivity index (χ3n) is 7.75. The zero-order valence-corrected chi connectivity index (χ0v) is 19.8. The predicted octanol–water partition coefficient (Wildman–Crippen LogP) is 5.33. The summed E-state index contributed by atoms with van der Waals surface area (Å²) < 4.78 is 17.8. The number of ether oxygens (including phenoxy) is 2. The van der Waals surface area contributed by atoms with Gasteiger partial charge in [0.25, 0.3) is 0 Å². The lowest BCUT2D eigenvalue weighted by atomic mass is 9.57. The molecular formula is C24H32O5Si. The smallest absolute Gasteiger partial charge is 0.330 e. The molecule has 0 N–H and O–H groups in total. The molecule has 3 aliphatic rings. The molecule has 5 nitrogen and oxygen atoms in total. The molecular weight excluding hydrogens is 396 g/mol. The van der Waals surface area contributed by atoms with Gasteiger partial charge in [0.2, 0.25) is 8.32 Å². The molecule has 0 spiro atoms. The molecule has 1 saturated carbocycles. The highest BCUT2D eigenvalue weighted by atomic mass is 28.4. The van der Waals surface area contributed by atoms with E-state index in [1.165, 1.54) is 7.11 Å². The Bertz CT molecular complexity index is 926. The van der Waals surface area contributed by atoms with Gasteiger partial charge in [0.15, 0.2) is 5.41 Å². The number of hydrogen-bond acceptors (Lipinski definition) is 5. The van der Waals surface area contributed by atoms with Crippen molar-refractivity contribution in [2.24, 2.45) is 11.3 Å². The molecule has 3 unspecified atom stereocenters. The summed E-state index contributed by atoms with van der Waals surface area (Å²) in [6.07, 6.45) is 3.09. The largest absolute Gasteiger partial charge is 0.547 e. The molecule has 1 aromatic rings. The van der Waals surface area contributed by atoms with Gasteiger partial charge in [-0.15, -0.1) is 0 Å². The van der Waals surface area contributed by atoms with E-state index in [0.29, 0.717) is 12.2 Å². The van der Waals surface area contributed by atoms with E-state index in [4.69, 9.17) is 13.9 Å². The fourth-order valence-corrected chi connectivity index (χ4v) is 6.33. The second-order valence-electron chi connectivity index (χ2n) is 10.3. The number of hydrogen-bond donors (Lipinski definition) is 0. The molecule has 0 radical (unpaired) electrons. The zero-order valence-electron chi connectivity index (χ0n) is 18.8. The van der Waals surface area contributed by atoms with Crippen LogP contribution >= 0.6 is 0 Å². The maximum Gasteiger partial charge on any atom is 0.330 e. The topological polar surface area (TPSA) is 61.8 Å². The molecule has 1 aliphatic heterocycles. The van der Waals surface area contributed by atoms with Crippen molar-refractivity contribution in [3.8, 4) is 5.75 Å². The second kappa shape index (κ2) is 6.97. The van der Waals surface area contributed by atoms with E-state index < -0.39 is 25.7 Å². The quantitative estimate of drug-likeness (QED) is 0.282. The number of esters is 2. The maximum atomic E-state index is 13.4. The SMILES string of the molecule is COC(=O)C12C(=O)Oc3ccccc3C1CC(O[Si](C)(C)C(C)(C)C)=C1CCCC12. The Labute approximate surface area is 179 Å². The van der Waals surface area contributed by atoms with Crippen molar-refractivity contribution in [3.05, 3.63) is 41.2 Å². The number of carbonyl (C=O) groups excluding carboxylic acids is 2. The molecule has 3 atom stereocenters. The summed E-state index contributed by atoms with van der Waals surface area (Å²) in [5, 5.41) is 0.0644. The number of methoxy groups -OCH3 is 1. The van der Waals surface area contributed by atoms with E-state index in [1.54, 1.807) is 6.07 Å². The first-order valence-corrected chi connectivity index (χ1v) is 13.8. The normalized spacial score (nSPS) is 28.3. The Morgan fingerprint density at radius 3 is 2.57 bits per heavy atom. The number of rotatable bonds is 3. The second-order valence-corrected chi connectivity index (χ2v) is 15.0. The monoisotopic (exact) mass is 428 g/mol. The molecule has 1 aromatic carbocycles. The summed E-state index contributed by atoms with van der Waals surface area (Å²) in [7, 11) is -0.704. The van der Waals surface area contributed by atoms with E-state index in [-0.39, 0.29) is 16.9 Å². The van der Waals surface area contributed by atoms with Crippen LogP contribution in [0.4, 0.5) is 0 Å². The van der Waals surface area contributed by atoms with E-state index in [2.05, 4.69) is 33.9 Å². The van der Waals surface area contributed by atoms with Crippen molar-refractivity contribution in [1.29, 1.82) is 0 Å². The van der Waals surface area contributed by atoms with Gasteiger partial charge in [0, 0.05) is 23.8 Å². The molecule has 162 valence electrons. The minimum Gasteiger partial charge on any atom is -0.547 e. The van der Waals surface area contributed by atoms with Crippen molar-refractivity contribution in [1.82, 2.24) is 0 Å². The molecule has 0 aromatic heterocycles. The van der Waals surface area contributed by atoms with Crippen molar-refractivity contribution in [2.45, 2.75) is 70.5 Å². The van der Waals surface area contributed by atoms with Crippen LogP contribution in [0.15, 0.2) is 35.6 Å². The lowest BCUT2D eigenvalue weighted by Crippen LogP contribution is -2.56. The fourth-order valence-electron chi connectivity index (χ4n) is 5.19.